The van der Waals surface area contributed by atoms with Crippen LogP contribution in [0, 0.1) is 22.7 Å². The van der Waals surface area contributed by atoms with E-state index in [1.54, 1.807) is 0 Å². The maximum Gasteiger partial charge on any atom is 0.393 e. The van der Waals surface area contributed by atoms with Crippen molar-refractivity contribution in [2.45, 2.75) is 37.9 Å². The van der Waals surface area contributed by atoms with Crippen LogP contribution in [0.25, 0.3) is 5.73 Å². The van der Waals surface area contributed by atoms with E-state index >= 15 is 0 Å². The molecule has 0 spiro atoms. The molecule has 1 aliphatic carbocycles. The van der Waals surface area contributed by atoms with Gasteiger partial charge in [0.1, 0.15) is 0 Å². The van der Waals surface area contributed by atoms with E-state index in [2.05, 4.69) is 6.07 Å². The van der Waals surface area contributed by atoms with Gasteiger partial charge in [-0.25, -0.2) is 0 Å². The van der Waals surface area contributed by atoms with E-state index < -0.39 is 23.5 Å². The first-order valence-electron chi connectivity index (χ1n) is 6.28. The van der Waals surface area contributed by atoms with Crippen molar-refractivity contribution in [2.24, 2.45) is 11.3 Å². The molecule has 7 heteroatoms. The Balaban J connectivity index is 2.00. The number of nitriles is 1. The molecule has 0 radical (unpaired) electrons. The predicted octanol–water partition coefficient (Wildman–Crippen LogP) is 2.51. The number of nitrogens with zero attached hydrogens (tertiary/aromatic N) is 2. The summed E-state index contributed by atoms with van der Waals surface area (Å²) in [5.41, 5.74) is 5.53. The number of carbonyl (C=O) groups is 1. The summed E-state index contributed by atoms with van der Waals surface area (Å²) in [6.07, 6.45) is -3.79. The van der Waals surface area contributed by atoms with Crippen molar-refractivity contribution in [3.8, 4) is 6.07 Å². The Morgan fingerprint density at radius 1 is 1.37 bits per heavy atom. The maximum atomic E-state index is 12.9. The van der Waals surface area contributed by atoms with Gasteiger partial charge in [-0.2, -0.15) is 18.4 Å². The van der Waals surface area contributed by atoms with E-state index in [1.165, 1.54) is 4.90 Å². The molecule has 1 saturated carbocycles. The Kier molecular flexibility index (Phi) is 3.47. The summed E-state index contributed by atoms with van der Waals surface area (Å²) in [5.74, 6) is -0.878. The summed E-state index contributed by atoms with van der Waals surface area (Å²) in [5, 5.41) is 8.73. The molecule has 0 unspecified atom stereocenters. The van der Waals surface area contributed by atoms with E-state index in [0.717, 1.165) is 0 Å². The van der Waals surface area contributed by atoms with Gasteiger partial charge in [0, 0.05) is 19.0 Å². The first kappa shape index (κ1) is 14.1. The lowest BCUT2D eigenvalue weighted by Gasteiger charge is -2.38. The molecule has 0 aromatic rings. The molecule has 1 saturated heterocycles. The highest BCUT2D eigenvalue weighted by Gasteiger charge is 2.65. The number of nitrogens with one attached hydrogen (secondary N) is 1. The fourth-order valence-corrected chi connectivity index (χ4v) is 2.52. The van der Waals surface area contributed by atoms with Crippen molar-refractivity contribution in [1.29, 1.82) is 5.26 Å². The van der Waals surface area contributed by atoms with Gasteiger partial charge in [-0.1, -0.05) is 0 Å². The molecule has 1 aliphatic heterocycles. The highest BCUT2D eigenvalue weighted by Crippen LogP contribution is 2.60. The molecule has 0 aromatic carbocycles. The minimum atomic E-state index is -4.49. The van der Waals surface area contributed by atoms with Crippen molar-refractivity contribution in [1.82, 2.24) is 4.90 Å². The minimum absolute atomic E-state index is 0.134. The number of hydrogen-bond donors (Lipinski definition) is 0. The van der Waals surface area contributed by atoms with Crippen LogP contribution in [-0.4, -0.2) is 36.1 Å². The summed E-state index contributed by atoms with van der Waals surface area (Å²) in [6.45, 7) is 0.556. The van der Waals surface area contributed by atoms with E-state index in [0.29, 0.717) is 12.8 Å². The van der Waals surface area contributed by atoms with Gasteiger partial charge in [-0.3, -0.25) is 4.79 Å². The lowest BCUT2D eigenvalue weighted by Crippen LogP contribution is -2.48. The monoisotopic (exact) mass is 274 g/mol. The number of amides is 1. The molecule has 0 bridgehead atoms. The van der Waals surface area contributed by atoms with Crippen LogP contribution in [0.15, 0.2) is 0 Å². The average molecular weight is 274 g/mol. The zero-order chi connectivity index (χ0) is 14.3. The number of piperidine rings is 1. The molecule has 1 amide bonds. The molecule has 4 nitrogen and oxygen atoms in total. The molecule has 2 fully saturated rings. The number of alkyl halides is 3. The highest BCUT2D eigenvalue weighted by atomic mass is 19.4. The standard InChI is InChI=1S/C12H15F3N3O/c13-12(14,15)11(3-4-11)9(17)10(19)18-5-1-8(7-16)2-6-18/h8-9,17H,1-6H2/q-1/t9-/m1/s1. The topological polar surface area (TPSA) is 67.9 Å². The SMILES string of the molecule is N#CC1CCN(C(=O)[C@@H]([NH-])C2(C(F)(F)F)CC2)CC1. The van der Waals surface area contributed by atoms with Crippen LogP contribution in [0.1, 0.15) is 25.7 Å². The van der Waals surface area contributed by atoms with Gasteiger partial charge in [0.2, 0.25) is 5.91 Å². The lowest BCUT2D eigenvalue weighted by molar-refractivity contribution is -0.193. The molecule has 1 atom stereocenters. The molecule has 2 aliphatic rings. The Morgan fingerprint density at radius 2 is 1.89 bits per heavy atom. The highest BCUT2D eigenvalue weighted by molar-refractivity contribution is 5.85. The van der Waals surface area contributed by atoms with Crippen molar-refractivity contribution >= 4 is 5.91 Å². The smallest absolute Gasteiger partial charge is 0.393 e. The number of hydrogen-bond acceptors (Lipinski definition) is 2. The fraction of sp³-hybridized carbons (Fsp3) is 0.833. The van der Waals surface area contributed by atoms with Crippen LogP contribution in [0.2, 0.25) is 0 Å². The van der Waals surface area contributed by atoms with E-state index in [1.807, 2.05) is 0 Å². The van der Waals surface area contributed by atoms with Crippen LogP contribution in [0.5, 0.6) is 0 Å². The third-order valence-electron chi connectivity index (χ3n) is 4.14. The lowest BCUT2D eigenvalue weighted by atomic mass is 9.93. The molecule has 106 valence electrons. The van der Waals surface area contributed by atoms with E-state index in [9.17, 15) is 18.0 Å². The fourth-order valence-electron chi connectivity index (χ4n) is 2.52. The minimum Gasteiger partial charge on any atom is -0.666 e. The van der Waals surface area contributed by atoms with Crippen molar-refractivity contribution in [3.05, 3.63) is 5.73 Å². The van der Waals surface area contributed by atoms with Crippen molar-refractivity contribution in [3.63, 3.8) is 0 Å². The molecular weight excluding hydrogens is 259 g/mol. The maximum absolute atomic E-state index is 12.9. The van der Waals surface area contributed by atoms with Gasteiger partial charge in [0.05, 0.1) is 11.5 Å². The summed E-state index contributed by atoms with van der Waals surface area (Å²) < 4.78 is 38.6. The van der Waals surface area contributed by atoms with Crippen LogP contribution in [0.3, 0.4) is 0 Å². The quantitative estimate of drug-likeness (QED) is 0.776. The third-order valence-corrected chi connectivity index (χ3v) is 4.14. The second-order valence-electron chi connectivity index (χ2n) is 5.32. The number of carbonyl (C=O) groups excluding carboxylic acids is 1. The van der Waals surface area contributed by atoms with Gasteiger partial charge >= 0.3 is 6.18 Å². The Bertz CT molecular complexity index is 403. The average Bonchev–Trinajstić information content (AvgIpc) is 3.18. The van der Waals surface area contributed by atoms with Crippen molar-refractivity contribution in [2.75, 3.05) is 13.1 Å². The number of likely N-dealkylation sites (tertiary alicyclic amines) is 1. The molecule has 1 heterocycles. The zero-order valence-electron chi connectivity index (χ0n) is 10.3. The third kappa shape index (κ3) is 2.41. The van der Waals surface area contributed by atoms with Crippen molar-refractivity contribution < 1.29 is 18.0 Å². The van der Waals surface area contributed by atoms with Crippen LogP contribution >= 0.6 is 0 Å². The first-order chi connectivity index (χ1) is 8.82. The zero-order valence-corrected chi connectivity index (χ0v) is 10.3. The molecule has 1 N–H and O–H groups in total. The first-order valence-corrected chi connectivity index (χ1v) is 6.28. The van der Waals surface area contributed by atoms with Gasteiger partial charge in [0.25, 0.3) is 0 Å². The van der Waals surface area contributed by atoms with Crippen LogP contribution in [0.4, 0.5) is 13.2 Å². The van der Waals surface area contributed by atoms with Gasteiger partial charge in [0.15, 0.2) is 0 Å². The molecular formula is C12H15F3N3O-. The van der Waals surface area contributed by atoms with Crippen LogP contribution in [-0.2, 0) is 4.79 Å². The Labute approximate surface area is 109 Å². The van der Waals surface area contributed by atoms with Gasteiger partial charge in [-0.15, -0.1) is 0 Å². The molecule has 19 heavy (non-hydrogen) atoms. The van der Waals surface area contributed by atoms with Gasteiger partial charge in [-0.05, 0) is 31.7 Å². The predicted molar refractivity (Wildman–Crippen MR) is 60.7 cm³/mol. The number of halogens is 3. The summed E-state index contributed by atoms with van der Waals surface area (Å²) in [4.78, 5) is 13.3. The Hall–Kier alpha value is -1.29. The second-order valence-corrected chi connectivity index (χ2v) is 5.32. The summed E-state index contributed by atoms with van der Waals surface area (Å²) in [7, 11) is 0. The molecule has 2 rings (SSSR count). The van der Waals surface area contributed by atoms with E-state index in [-0.39, 0.29) is 31.8 Å². The Morgan fingerprint density at radius 3 is 2.26 bits per heavy atom. The normalized spacial score (nSPS) is 24.7. The molecule has 0 aromatic heterocycles. The van der Waals surface area contributed by atoms with E-state index in [4.69, 9.17) is 11.0 Å². The number of rotatable bonds is 2. The summed E-state index contributed by atoms with van der Waals surface area (Å²) in [6, 6.07) is 0.336. The largest absolute Gasteiger partial charge is 0.666 e. The summed E-state index contributed by atoms with van der Waals surface area (Å²) >= 11 is 0. The second kappa shape index (κ2) is 4.67. The van der Waals surface area contributed by atoms with Gasteiger partial charge < -0.3 is 10.6 Å². The van der Waals surface area contributed by atoms with Crippen LogP contribution < -0.4 is 0 Å².